The summed E-state index contributed by atoms with van der Waals surface area (Å²) in [4.78, 5) is 0. The Bertz CT molecular complexity index is 456. The molecule has 2 heteroatoms. The lowest BCUT2D eigenvalue weighted by Gasteiger charge is -2.38. The number of rotatable bonds is 1. The van der Waals surface area contributed by atoms with Gasteiger partial charge in [0.15, 0.2) is 0 Å². The summed E-state index contributed by atoms with van der Waals surface area (Å²) in [6.45, 7) is 10.2. The van der Waals surface area contributed by atoms with Crippen molar-refractivity contribution in [3.8, 4) is 0 Å². The third kappa shape index (κ3) is 1.71. The van der Waals surface area contributed by atoms with Crippen molar-refractivity contribution in [1.82, 2.24) is 5.32 Å². The SMILES string of the molecule is C=Cc1cccc2c1/C(=C\C)NC(C)(C)N2. The van der Waals surface area contributed by atoms with Crippen LogP contribution < -0.4 is 10.6 Å². The van der Waals surface area contributed by atoms with Crippen LogP contribution in [0, 0.1) is 0 Å². The van der Waals surface area contributed by atoms with E-state index in [4.69, 9.17) is 0 Å². The molecule has 16 heavy (non-hydrogen) atoms. The van der Waals surface area contributed by atoms with Crippen LogP contribution in [0.1, 0.15) is 31.9 Å². The Morgan fingerprint density at radius 3 is 2.62 bits per heavy atom. The number of fused-ring (bicyclic) bond motifs is 1. The molecule has 2 rings (SSSR count). The maximum absolute atomic E-state index is 3.86. The number of benzene rings is 1. The predicted molar refractivity (Wildman–Crippen MR) is 71.0 cm³/mol. The highest BCUT2D eigenvalue weighted by molar-refractivity contribution is 5.84. The van der Waals surface area contributed by atoms with Crippen molar-refractivity contribution in [2.45, 2.75) is 26.4 Å². The Morgan fingerprint density at radius 2 is 2.00 bits per heavy atom. The van der Waals surface area contributed by atoms with Gasteiger partial charge in [0.05, 0.1) is 0 Å². The summed E-state index contributed by atoms with van der Waals surface area (Å²) in [6.07, 6.45) is 4.00. The van der Waals surface area contributed by atoms with Crippen LogP contribution in [-0.4, -0.2) is 5.66 Å². The van der Waals surface area contributed by atoms with Crippen molar-refractivity contribution in [2.75, 3.05) is 5.32 Å². The van der Waals surface area contributed by atoms with Crippen molar-refractivity contribution < 1.29 is 0 Å². The lowest BCUT2D eigenvalue weighted by molar-refractivity contribution is 0.508. The van der Waals surface area contributed by atoms with Gasteiger partial charge in [-0.1, -0.05) is 30.9 Å². The molecule has 1 aromatic rings. The predicted octanol–water partition coefficient (Wildman–Crippen LogP) is 3.44. The maximum Gasteiger partial charge on any atom is 0.102 e. The Kier molecular flexibility index (Phi) is 2.50. The summed E-state index contributed by atoms with van der Waals surface area (Å²) in [6, 6.07) is 6.24. The summed E-state index contributed by atoms with van der Waals surface area (Å²) in [5, 5.41) is 6.95. The monoisotopic (exact) mass is 214 g/mol. The molecule has 0 bridgehead atoms. The second kappa shape index (κ2) is 3.71. The quantitative estimate of drug-likeness (QED) is 0.748. The molecule has 0 fully saturated rings. The van der Waals surface area contributed by atoms with Crippen LogP contribution >= 0.6 is 0 Å². The fraction of sp³-hybridized carbons (Fsp3) is 0.286. The molecule has 0 spiro atoms. The first-order chi connectivity index (χ1) is 7.57. The second-order valence-corrected chi connectivity index (χ2v) is 4.55. The molecule has 0 aliphatic carbocycles. The Balaban J connectivity index is 2.63. The van der Waals surface area contributed by atoms with Gasteiger partial charge in [-0.2, -0.15) is 0 Å². The number of hydrogen-bond acceptors (Lipinski definition) is 2. The Morgan fingerprint density at radius 1 is 1.25 bits per heavy atom. The van der Waals surface area contributed by atoms with Gasteiger partial charge < -0.3 is 10.6 Å². The van der Waals surface area contributed by atoms with Crippen LogP contribution in [0.5, 0.6) is 0 Å². The van der Waals surface area contributed by atoms with Crippen LogP contribution in [0.2, 0.25) is 0 Å². The third-order valence-corrected chi connectivity index (χ3v) is 2.77. The van der Waals surface area contributed by atoms with E-state index in [9.17, 15) is 0 Å². The van der Waals surface area contributed by atoms with Crippen LogP contribution in [0.3, 0.4) is 0 Å². The van der Waals surface area contributed by atoms with E-state index in [1.54, 1.807) is 0 Å². The summed E-state index contributed by atoms with van der Waals surface area (Å²) < 4.78 is 0. The number of nitrogens with one attached hydrogen (secondary N) is 2. The van der Waals surface area contributed by atoms with Gasteiger partial charge in [-0.3, -0.25) is 0 Å². The van der Waals surface area contributed by atoms with E-state index in [0.29, 0.717) is 0 Å². The molecule has 1 aromatic carbocycles. The van der Waals surface area contributed by atoms with E-state index in [1.165, 1.54) is 5.56 Å². The average Bonchev–Trinajstić information content (AvgIpc) is 2.25. The van der Waals surface area contributed by atoms with Crippen LogP contribution in [0.4, 0.5) is 5.69 Å². The van der Waals surface area contributed by atoms with Gasteiger partial charge in [-0.25, -0.2) is 0 Å². The van der Waals surface area contributed by atoms with Crippen molar-refractivity contribution in [3.63, 3.8) is 0 Å². The molecular formula is C14H18N2. The topological polar surface area (TPSA) is 24.1 Å². The lowest BCUT2D eigenvalue weighted by atomic mass is 9.97. The number of anilines is 1. The zero-order valence-electron chi connectivity index (χ0n) is 10.1. The minimum Gasteiger partial charge on any atom is -0.363 e. The number of allylic oxidation sites excluding steroid dienone is 1. The molecule has 2 nitrogen and oxygen atoms in total. The summed E-state index contributed by atoms with van der Waals surface area (Å²) in [7, 11) is 0. The molecule has 0 unspecified atom stereocenters. The summed E-state index contributed by atoms with van der Waals surface area (Å²) in [5.74, 6) is 0. The normalized spacial score (nSPS) is 19.6. The van der Waals surface area contributed by atoms with E-state index < -0.39 is 0 Å². The molecular weight excluding hydrogens is 196 g/mol. The van der Waals surface area contributed by atoms with Crippen LogP contribution in [0.15, 0.2) is 30.9 Å². The van der Waals surface area contributed by atoms with Gasteiger partial charge in [-0.15, -0.1) is 0 Å². The third-order valence-electron chi connectivity index (χ3n) is 2.77. The van der Waals surface area contributed by atoms with Gasteiger partial charge in [-0.05, 0) is 32.4 Å². The molecule has 0 atom stereocenters. The van der Waals surface area contributed by atoms with Crippen molar-refractivity contribution >= 4 is 17.5 Å². The second-order valence-electron chi connectivity index (χ2n) is 4.55. The molecule has 84 valence electrons. The molecule has 0 aromatic heterocycles. The Hall–Kier alpha value is -1.70. The number of hydrogen-bond donors (Lipinski definition) is 2. The standard InChI is InChI=1S/C14H18N2/c1-5-10-8-7-9-12-13(10)11(6-2)15-14(3,4)16-12/h5-9,15-16H,1H2,2-4H3/b11-6+. The fourth-order valence-electron chi connectivity index (χ4n) is 2.13. The van der Waals surface area contributed by atoms with Gasteiger partial charge in [0, 0.05) is 16.9 Å². The van der Waals surface area contributed by atoms with E-state index in [2.05, 4.69) is 55.3 Å². The van der Waals surface area contributed by atoms with Gasteiger partial charge >= 0.3 is 0 Å². The molecule has 0 saturated carbocycles. The summed E-state index contributed by atoms with van der Waals surface area (Å²) >= 11 is 0. The van der Waals surface area contributed by atoms with E-state index in [-0.39, 0.29) is 5.66 Å². The Labute approximate surface area is 97.1 Å². The highest BCUT2D eigenvalue weighted by Crippen LogP contribution is 2.33. The van der Waals surface area contributed by atoms with Crippen molar-refractivity contribution in [3.05, 3.63) is 42.0 Å². The fourth-order valence-corrected chi connectivity index (χ4v) is 2.13. The lowest BCUT2D eigenvalue weighted by Crippen LogP contribution is -2.48. The first kappa shape index (κ1) is 10.8. The summed E-state index contributed by atoms with van der Waals surface area (Å²) in [5.41, 5.74) is 4.57. The molecule has 0 amide bonds. The highest BCUT2D eigenvalue weighted by Gasteiger charge is 2.26. The molecule has 1 aliphatic rings. The van der Waals surface area contributed by atoms with E-state index in [1.807, 2.05) is 13.0 Å². The zero-order chi connectivity index (χ0) is 11.8. The molecule has 1 heterocycles. The minimum absolute atomic E-state index is 0.116. The largest absolute Gasteiger partial charge is 0.363 e. The first-order valence-electron chi connectivity index (χ1n) is 5.56. The molecule has 0 radical (unpaired) electrons. The first-order valence-corrected chi connectivity index (χ1v) is 5.56. The minimum atomic E-state index is -0.116. The smallest absolute Gasteiger partial charge is 0.102 e. The highest BCUT2D eigenvalue weighted by atomic mass is 15.2. The molecule has 2 N–H and O–H groups in total. The van der Waals surface area contributed by atoms with Crippen LogP contribution in [0.25, 0.3) is 11.8 Å². The zero-order valence-corrected chi connectivity index (χ0v) is 10.1. The molecule has 1 aliphatic heterocycles. The van der Waals surface area contributed by atoms with E-state index >= 15 is 0 Å². The van der Waals surface area contributed by atoms with Gasteiger partial charge in [0.1, 0.15) is 5.66 Å². The maximum atomic E-state index is 3.86. The van der Waals surface area contributed by atoms with Crippen molar-refractivity contribution in [2.24, 2.45) is 0 Å². The van der Waals surface area contributed by atoms with Crippen molar-refractivity contribution in [1.29, 1.82) is 0 Å². The van der Waals surface area contributed by atoms with Gasteiger partial charge in [0.2, 0.25) is 0 Å². The van der Waals surface area contributed by atoms with Crippen LogP contribution in [-0.2, 0) is 0 Å². The molecule has 0 saturated heterocycles. The van der Waals surface area contributed by atoms with Gasteiger partial charge in [0.25, 0.3) is 0 Å². The average molecular weight is 214 g/mol. The van der Waals surface area contributed by atoms with E-state index in [0.717, 1.165) is 16.9 Å².